The zero-order valence-corrected chi connectivity index (χ0v) is 42.5. The molecule has 380 valence electrons. The van der Waals surface area contributed by atoms with Gasteiger partial charge in [0.2, 0.25) is 11.8 Å². The summed E-state index contributed by atoms with van der Waals surface area (Å²) in [6.45, 7) is 14.4. The summed E-state index contributed by atoms with van der Waals surface area (Å²) in [5.41, 5.74) is 2.33. The van der Waals surface area contributed by atoms with Crippen LogP contribution in [0.3, 0.4) is 0 Å². The van der Waals surface area contributed by atoms with Gasteiger partial charge in [0, 0.05) is 42.1 Å². The Balaban J connectivity index is 1.37. The normalized spacial score (nSPS) is 16.7. The second-order valence-corrected chi connectivity index (χ2v) is 20.4. The number of amides is 2. The number of nitrogens with zero attached hydrogens (tertiary/aromatic N) is 2. The molecule has 0 spiro atoms. The van der Waals surface area contributed by atoms with E-state index in [1.165, 1.54) is 13.3 Å². The van der Waals surface area contributed by atoms with Crippen molar-refractivity contribution < 1.29 is 52.3 Å². The van der Waals surface area contributed by atoms with Crippen molar-refractivity contribution >= 4 is 41.3 Å². The minimum atomic E-state index is -0.902. The lowest BCUT2D eigenvalue weighted by atomic mass is 9.87. The predicted molar refractivity (Wildman–Crippen MR) is 269 cm³/mol. The number of morpholine rings is 1. The quantitative estimate of drug-likeness (QED) is 0.0220. The maximum atomic E-state index is 14.7. The molecule has 1 aliphatic heterocycles. The number of aryl methyl sites for hydroxylation is 1. The first-order valence-electron chi connectivity index (χ1n) is 25.2. The average Bonchev–Trinajstić information content (AvgIpc) is 4.09. The Morgan fingerprint density at radius 3 is 2.00 bits per heavy atom. The van der Waals surface area contributed by atoms with E-state index >= 15 is 0 Å². The lowest BCUT2D eigenvalue weighted by molar-refractivity contribution is -0.940. The minimum absolute atomic E-state index is 0.0234. The number of ketones is 3. The number of quaternary nitrogens is 1. The number of hydrogen-bond acceptors (Lipinski definition) is 11. The van der Waals surface area contributed by atoms with Crippen LogP contribution in [0.15, 0.2) is 84.0 Å². The number of hydrogen-bond donors (Lipinski definition) is 2. The molecule has 1 aliphatic carbocycles. The van der Waals surface area contributed by atoms with Gasteiger partial charge in [0.05, 0.1) is 31.5 Å². The Morgan fingerprint density at radius 2 is 1.39 bits per heavy atom. The Bertz CT molecular complexity index is 2220. The first-order valence-corrected chi connectivity index (χ1v) is 25.2. The second-order valence-electron chi connectivity index (χ2n) is 20.4. The number of carbonyl (C=O) groups is 6. The van der Waals surface area contributed by atoms with E-state index in [0.29, 0.717) is 68.8 Å². The Kier molecular flexibility index (Phi) is 21.3. The maximum absolute atomic E-state index is 14.7. The number of ether oxygens (including phenoxy) is 3. The number of nitrogens with one attached hydrogen (secondary N) is 2. The van der Waals surface area contributed by atoms with Gasteiger partial charge in [-0.25, -0.2) is 0 Å². The lowest BCUT2D eigenvalue weighted by Gasteiger charge is -2.41. The van der Waals surface area contributed by atoms with Crippen LogP contribution >= 0.6 is 0 Å². The minimum Gasteiger partial charge on any atom is -0.484 e. The summed E-state index contributed by atoms with van der Waals surface area (Å²) in [5, 5.41) is 9.92. The maximum Gasteiger partial charge on any atom is 0.311 e. The fourth-order valence-electron chi connectivity index (χ4n) is 9.21. The smallest absolute Gasteiger partial charge is 0.311 e. The molecule has 0 radical (unpaired) electrons. The molecule has 14 nitrogen and oxygen atoms in total. The first-order chi connectivity index (χ1) is 33.5. The molecule has 2 fully saturated rings. The van der Waals surface area contributed by atoms with Gasteiger partial charge in [-0.1, -0.05) is 107 Å². The molecular weight excluding hydrogens is 889 g/mol. The molecular formula is C56H77N4O10+. The molecule has 2 amide bonds. The van der Waals surface area contributed by atoms with Crippen LogP contribution in [-0.4, -0.2) is 104 Å². The lowest BCUT2D eigenvalue weighted by Crippen LogP contribution is -2.57. The van der Waals surface area contributed by atoms with E-state index < -0.39 is 35.3 Å². The van der Waals surface area contributed by atoms with Crippen molar-refractivity contribution in [1.82, 2.24) is 10.6 Å². The highest BCUT2D eigenvalue weighted by molar-refractivity contribution is 5.97. The van der Waals surface area contributed by atoms with Gasteiger partial charge >= 0.3 is 5.97 Å². The van der Waals surface area contributed by atoms with Crippen LogP contribution in [0.25, 0.3) is 0 Å². The van der Waals surface area contributed by atoms with Crippen molar-refractivity contribution in [3.8, 4) is 11.5 Å². The van der Waals surface area contributed by atoms with Crippen LogP contribution in [0, 0.1) is 29.1 Å². The molecule has 3 aromatic rings. The van der Waals surface area contributed by atoms with E-state index in [1.54, 1.807) is 13.0 Å². The highest BCUT2D eigenvalue weighted by Gasteiger charge is 2.48. The molecule has 1 saturated carbocycles. The Morgan fingerprint density at radius 1 is 0.771 bits per heavy atom. The summed E-state index contributed by atoms with van der Waals surface area (Å²) in [6, 6.07) is 23.2. The molecule has 2 N–H and O–H groups in total. The number of oxime groups is 1. The third-order valence-electron chi connectivity index (χ3n) is 13.4. The van der Waals surface area contributed by atoms with E-state index in [1.807, 2.05) is 107 Å². The van der Waals surface area contributed by atoms with E-state index in [4.69, 9.17) is 19.0 Å². The van der Waals surface area contributed by atoms with Gasteiger partial charge in [0.25, 0.3) is 0 Å². The van der Waals surface area contributed by atoms with Crippen LogP contribution in [0.2, 0.25) is 0 Å². The van der Waals surface area contributed by atoms with Gasteiger partial charge < -0.3 is 34.2 Å². The van der Waals surface area contributed by atoms with Gasteiger partial charge in [-0.3, -0.25) is 28.8 Å². The monoisotopic (exact) mass is 966 g/mol. The van der Waals surface area contributed by atoms with Gasteiger partial charge in [-0.15, -0.1) is 0 Å². The summed E-state index contributed by atoms with van der Waals surface area (Å²) in [7, 11) is 1.43. The standard InChI is InChI=1S/C56H76N4O10/c1-8-52(63)70-50-22-20-43(34-51(50)69-28-25-57-67-7)37-60(26-29-68-30-27-60)38-46(61)35-44(21-19-41-15-11-9-12-16-41)54(65)58-47(31-39(2)3)49(62)36-45(33-42-17-13-10-14-18-42)55(66)59-48(32-40(4)5)53(64)56(6)23-24-56/h9-18,20,22,25,34,39-40,44-45,47-48H,8,19,21,23-24,26-33,35-38H2,1-7H3,(H-,58,59,65,66)/p+1/b57-25+/t44-,45-,47+,48+/m1/s1. The highest BCUT2D eigenvalue weighted by Crippen LogP contribution is 2.47. The van der Waals surface area contributed by atoms with Crippen molar-refractivity contribution in [2.45, 2.75) is 124 Å². The number of rotatable bonds is 30. The Hall–Kier alpha value is -5.73. The number of carbonyl (C=O) groups excluding carboxylic acids is 6. The van der Waals surface area contributed by atoms with Gasteiger partial charge in [0.15, 0.2) is 28.8 Å². The topological polar surface area (TPSA) is 176 Å². The van der Waals surface area contributed by atoms with Crippen molar-refractivity contribution in [2.75, 3.05) is 46.6 Å². The zero-order valence-electron chi connectivity index (χ0n) is 42.5. The van der Waals surface area contributed by atoms with E-state index in [0.717, 1.165) is 29.5 Å². The molecule has 0 bridgehead atoms. The fourth-order valence-corrected chi connectivity index (χ4v) is 9.21. The van der Waals surface area contributed by atoms with Crippen LogP contribution in [-0.2, 0) is 57.7 Å². The number of Topliss-reactive ketones (excluding diaryl/α,β-unsaturated/α-hetero) is 3. The zero-order chi connectivity index (χ0) is 50.7. The second kappa shape index (κ2) is 27.0. The van der Waals surface area contributed by atoms with E-state index in [-0.39, 0.29) is 85.6 Å². The SMILES string of the molecule is CCC(=O)Oc1ccc(C[N+]2(CC(=O)C[C@@H](CCc3ccccc3)C(=O)N[C@@H](CC(C)C)C(=O)C[C@@H](Cc3ccccc3)C(=O)N[C@@H](CC(C)C)C(=O)C3(C)CC3)CCOCC2)cc1OC/C=N/OC. The summed E-state index contributed by atoms with van der Waals surface area (Å²) in [5.74, 6) is -2.17. The van der Waals surface area contributed by atoms with Crippen molar-refractivity contribution in [2.24, 2.45) is 34.2 Å². The predicted octanol–water partition coefficient (Wildman–Crippen LogP) is 7.82. The van der Waals surface area contributed by atoms with Crippen molar-refractivity contribution in [3.63, 3.8) is 0 Å². The van der Waals surface area contributed by atoms with Crippen molar-refractivity contribution in [3.05, 3.63) is 95.6 Å². The third kappa shape index (κ3) is 17.6. The van der Waals surface area contributed by atoms with Crippen molar-refractivity contribution in [1.29, 1.82) is 0 Å². The van der Waals surface area contributed by atoms with Crippen LogP contribution < -0.4 is 20.1 Å². The summed E-state index contributed by atoms with van der Waals surface area (Å²) in [4.78, 5) is 88.8. The number of benzene rings is 3. The van der Waals surface area contributed by atoms with Crippen LogP contribution in [0.5, 0.6) is 11.5 Å². The molecule has 4 atom stereocenters. The molecule has 70 heavy (non-hydrogen) atoms. The van der Waals surface area contributed by atoms with E-state index in [9.17, 15) is 28.8 Å². The molecule has 5 rings (SSSR count). The number of esters is 1. The van der Waals surface area contributed by atoms with Gasteiger partial charge in [-0.05, 0) is 86.1 Å². The van der Waals surface area contributed by atoms with Gasteiger partial charge in [0.1, 0.15) is 39.9 Å². The summed E-state index contributed by atoms with van der Waals surface area (Å²) in [6.07, 6.45) is 5.11. The molecule has 1 saturated heterocycles. The average molecular weight is 966 g/mol. The molecule has 1 heterocycles. The molecule has 0 unspecified atom stereocenters. The first kappa shape index (κ1) is 55.2. The largest absolute Gasteiger partial charge is 0.484 e. The molecule has 2 aliphatic rings. The van der Waals surface area contributed by atoms with Crippen LogP contribution in [0.1, 0.15) is 110 Å². The highest BCUT2D eigenvalue weighted by atomic mass is 16.6. The third-order valence-corrected chi connectivity index (χ3v) is 13.4. The van der Waals surface area contributed by atoms with E-state index in [2.05, 4.69) is 15.8 Å². The fraction of sp³-hybridized carbons (Fsp3) is 0.554. The molecule has 0 aromatic heterocycles. The summed E-state index contributed by atoms with van der Waals surface area (Å²) >= 11 is 0. The molecule has 14 heteroatoms. The Labute approximate surface area is 415 Å². The van der Waals surface area contributed by atoms with Crippen LogP contribution in [0.4, 0.5) is 0 Å². The van der Waals surface area contributed by atoms with Gasteiger partial charge in [-0.2, -0.15) is 0 Å². The summed E-state index contributed by atoms with van der Waals surface area (Å²) < 4.78 is 17.7. The molecule has 3 aromatic carbocycles.